The molecule has 0 heterocycles. The summed E-state index contributed by atoms with van der Waals surface area (Å²) in [6.07, 6.45) is 0. The normalized spacial score (nSPS) is 11.8. The molecule has 0 radical (unpaired) electrons. The van der Waals surface area contributed by atoms with E-state index in [4.69, 9.17) is 15.9 Å². The molecule has 0 amide bonds. The molecule has 0 aromatic heterocycles. The van der Waals surface area contributed by atoms with E-state index in [9.17, 15) is 8.42 Å². The average Bonchev–Trinajstić information content (AvgIpc) is 2.37. The molecule has 0 aliphatic carbocycles. The van der Waals surface area contributed by atoms with E-state index >= 15 is 0 Å². The first-order valence-electron chi connectivity index (χ1n) is 5.26. The number of nitrogen functional groups attached to an aromatic ring is 1. The second kappa shape index (κ2) is 6.01. The topological polar surface area (TPSA) is 125 Å². The average molecular weight is 275 g/mol. The Hall–Kier alpha value is -1.35. The molecule has 0 saturated carbocycles. The smallest absolute Gasteiger partial charge is 0.240 e. The number of anilines is 2. The lowest BCUT2D eigenvalue weighted by Gasteiger charge is -2.17. The van der Waals surface area contributed by atoms with Crippen LogP contribution in [-0.2, 0) is 10.0 Å². The van der Waals surface area contributed by atoms with Crippen LogP contribution in [0.2, 0.25) is 0 Å². The van der Waals surface area contributed by atoms with Gasteiger partial charge in [-0.3, -0.25) is 0 Å². The molecule has 0 fully saturated rings. The van der Waals surface area contributed by atoms with Gasteiger partial charge in [0.2, 0.25) is 10.0 Å². The van der Waals surface area contributed by atoms with Gasteiger partial charge in [0, 0.05) is 0 Å². The van der Waals surface area contributed by atoms with E-state index in [1.165, 1.54) is 25.2 Å². The minimum Gasteiger partial charge on any atom is -0.397 e. The van der Waals surface area contributed by atoms with E-state index in [0.29, 0.717) is 5.69 Å². The number of sulfonamides is 1. The lowest BCUT2D eigenvalue weighted by Crippen LogP contribution is -2.28. The summed E-state index contributed by atoms with van der Waals surface area (Å²) in [6.45, 7) is -0.515. The van der Waals surface area contributed by atoms with E-state index in [1.54, 1.807) is 0 Å². The Morgan fingerprint density at radius 1 is 1.33 bits per heavy atom. The van der Waals surface area contributed by atoms with Gasteiger partial charge in [-0.2, -0.15) is 0 Å². The summed E-state index contributed by atoms with van der Waals surface area (Å²) in [5.74, 6) is 0. The zero-order chi connectivity index (χ0) is 13.8. The largest absolute Gasteiger partial charge is 0.397 e. The number of aliphatic hydroxyl groups is 2. The summed E-state index contributed by atoms with van der Waals surface area (Å²) < 4.78 is 25.2. The van der Waals surface area contributed by atoms with Gasteiger partial charge in [-0.05, 0) is 25.2 Å². The SMILES string of the molecule is CNS(=O)(=O)c1ccc(NC(CO)CO)c(N)c1. The van der Waals surface area contributed by atoms with E-state index < -0.39 is 16.1 Å². The van der Waals surface area contributed by atoms with E-state index in [2.05, 4.69) is 10.0 Å². The number of aliphatic hydroxyl groups excluding tert-OH is 2. The van der Waals surface area contributed by atoms with E-state index in [-0.39, 0.29) is 23.8 Å². The first-order chi connectivity index (χ1) is 8.44. The highest BCUT2D eigenvalue weighted by Crippen LogP contribution is 2.23. The molecule has 0 saturated heterocycles. The van der Waals surface area contributed by atoms with Gasteiger partial charge in [-0.25, -0.2) is 13.1 Å². The molecule has 0 bridgehead atoms. The Bertz CT molecular complexity index is 500. The standard InChI is InChI=1S/C10H17N3O4S/c1-12-18(16,17)8-2-3-10(9(11)4-8)13-7(5-14)6-15/h2-4,7,12-15H,5-6,11H2,1H3. The first-order valence-corrected chi connectivity index (χ1v) is 6.74. The second-order valence-corrected chi connectivity index (χ2v) is 5.55. The van der Waals surface area contributed by atoms with Crippen LogP contribution in [0.5, 0.6) is 0 Å². The Morgan fingerprint density at radius 3 is 2.39 bits per heavy atom. The molecule has 1 rings (SSSR count). The maximum Gasteiger partial charge on any atom is 0.240 e. The fraction of sp³-hybridized carbons (Fsp3) is 0.400. The number of hydrogen-bond acceptors (Lipinski definition) is 6. The lowest BCUT2D eigenvalue weighted by molar-refractivity contribution is 0.204. The summed E-state index contributed by atoms with van der Waals surface area (Å²) >= 11 is 0. The van der Waals surface area contributed by atoms with Gasteiger partial charge < -0.3 is 21.3 Å². The summed E-state index contributed by atoms with van der Waals surface area (Å²) in [4.78, 5) is 0.0533. The van der Waals surface area contributed by atoms with Crippen LogP contribution in [0.4, 0.5) is 11.4 Å². The fourth-order valence-electron chi connectivity index (χ4n) is 1.33. The van der Waals surface area contributed by atoms with Crippen LogP contribution in [0.15, 0.2) is 23.1 Å². The summed E-state index contributed by atoms with van der Waals surface area (Å²) in [7, 11) is -2.22. The van der Waals surface area contributed by atoms with Crippen molar-refractivity contribution >= 4 is 21.4 Å². The van der Waals surface area contributed by atoms with Gasteiger partial charge in [0.25, 0.3) is 0 Å². The molecule has 0 spiro atoms. The Morgan fingerprint density at radius 2 is 1.94 bits per heavy atom. The Labute approximate surface area is 106 Å². The molecule has 0 atom stereocenters. The molecular formula is C10H17N3O4S. The number of hydrogen-bond donors (Lipinski definition) is 5. The maximum absolute atomic E-state index is 11.5. The van der Waals surface area contributed by atoms with Gasteiger partial charge in [0.05, 0.1) is 35.5 Å². The van der Waals surface area contributed by atoms with Gasteiger partial charge in [-0.15, -0.1) is 0 Å². The van der Waals surface area contributed by atoms with Gasteiger partial charge in [0.15, 0.2) is 0 Å². The third-order valence-corrected chi connectivity index (χ3v) is 3.81. The molecule has 0 aliphatic heterocycles. The molecule has 1 aromatic carbocycles. The van der Waals surface area contributed by atoms with Crippen molar-refractivity contribution < 1.29 is 18.6 Å². The molecule has 0 unspecified atom stereocenters. The van der Waals surface area contributed by atoms with Crippen LogP contribution in [0.1, 0.15) is 0 Å². The van der Waals surface area contributed by atoms with Crippen LogP contribution < -0.4 is 15.8 Å². The highest BCUT2D eigenvalue weighted by atomic mass is 32.2. The third kappa shape index (κ3) is 3.33. The molecule has 102 valence electrons. The van der Waals surface area contributed by atoms with Crippen molar-refractivity contribution in [1.82, 2.24) is 4.72 Å². The minimum absolute atomic E-state index is 0.0533. The Kier molecular flexibility index (Phi) is 4.91. The molecule has 7 nitrogen and oxygen atoms in total. The second-order valence-electron chi connectivity index (χ2n) is 3.66. The van der Waals surface area contributed by atoms with Crippen molar-refractivity contribution in [2.24, 2.45) is 0 Å². The predicted octanol–water partition coefficient (Wildman–Crippen LogP) is -1.06. The minimum atomic E-state index is -3.53. The monoisotopic (exact) mass is 275 g/mol. The summed E-state index contributed by atoms with van der Waals surface area (Å²) in [5.41, 5.74) is 6.39. The third-order valence-electron chi connectivity index (χ3n) is 2.40. The number of rotatable bonds is 6. The van der Waals surface area contributed by atoms with Crippen molar-refractivity contribution in [2.75, 3.05) is 31.3 Å². The van der Waals surface area contributed by atoms with Crippen LogP contribution in [0, 0.1) is 0 Å². The predicted molar refractivity (Wildman–Crippen MR) is 68.7 cm³/mol. The first kappa shape index (κ1) is 14.7. The molecule has 0 aliphatic rings. The van der Waals surface area contributed by atoms with Crippen molar-refractivity contribution in [3.63, 3.8) is 0 Å². The van der Waals surface area contributed by atoms with Crippen LogP contribution >= 0.6 is 0 Å². The van der Waals surface area contributed by atoms with Gasteiger partial charge in [0.1, 0.15) is 0 Å². The zero-order valence-electron chi connectivity index (χ0n) is 9.92. The van der Waals surface area contributed by atoms with E-state index in [0.717, 1.165) is 0 Å². The maximum atomic E-state index is 11.5. The fourth-order valence-corrected chi connectivity index (χ4v) is 2.09. The molecular weight excluding hydrogens is 258 g/mol. The highest BCUT2D eigenvalue weighted by molar-refractivity contribution is 7.89. The number of nitrogens with one attached hydrogen (secondary N) is 2. The summed E-state index contributed by atoms with van der Waals surface area (Å²) in [5, 5.41) is 20.7. The van der Waals surface area contributed by atoms with Crippen molar-refractivity contribution in [3.05, 3.63) is 18.2 Å². The Balaban J connectivity index is 3.00. The van der Waals surface area contributed by atoms with Crippen LogP contribution in [-0.4, -0.2) is 44.9 Å². The molecule has 8 heteroatoms. The highest BCUT2D eigenvalue weighted by Gasteiger charge is 2.14. The molecule has 6 N–H and O–H groups in total. The number of benzene rings is 1. The van der Waals surface area contributed by atoms with Crippen molar-refractivity contribution in [3.8, 4) is 0 Å². The van der Waals surface area contributed by atoms with Gasteiger partial charge >= 0.3 is 0 Å². The van der Waals surface area contributed by atoms with Crippen molar-refractivity contribution in [1.29, 1.82) is 0 Å². The summed E-state index contributed by atoms with van der Waals surface area (Å²) in [6, 6.07) is 3.63. The zero-order valence-corrected chi connectivity index (χ0v) is 10.7. The van der Waals surface area contributed by atoms with Crippen LogP contribution in [0.25, 0.3) is 0 Å². The van der Waals surface area contributed by atoms with Crippen LogP contribution in [0.3, 0.4) is 0 Å². The molecule has 18 heavy (non-hydrogen) atoms. The number of nitrogens with two attached hydrogens (primary N) is 1. The van der Waals surface area contributed by atoms with E-state index in [1.807, 2.05) is 0 Å². The van der Waals surface area contributed by atoms with Gasteiger partial charge in [-0.1, -0.05) is 0 Å². The van der Waals surface area contributed by atoms with Crippen molar-refractivity contribution in [2.45, 2.75) is 10.9 Å². The quantitative estimate of drug-likeness (QED) is 0.422. The lowest BCUT2D eigenvalue weighted by atomic mass is 10.2. The molecule has 1 aromatic rings.